The molecule has 0 spiro atoms. The summed E-state index contributed by atoms with van der Waals surface area (Å²) in [5, 5.41) is 11.7. The average Bonchev–Trinajstić information content (AvgIpc) is 3.10. The molecule has 1 saturated heterocycles. The van der Waals surface area contributed by atoms with Gasteiger partial charge in [0.2, 0.25) is 0 Å². The largest absolute Gasteiger partial charge is 0.508 e. The summed E-state index contributed by atoms with van der Waals surface area (Å²) in [6.07, 6.45) is 4.23. The van der Waals surface area contributed by atoms with E-state index in [4.69, 9.17) is 4.98 Å². The highest BCUT2D eigenvalue weighted by Crippen LogP contribution is 2.62. The first-order valence-corrected chi connectivity index (χ1v) is 12.1. The first kappa shape index (κ1) is 19.3. The Balaban J connectivity index is 1.36. The Bertz CT molecular complexity index is 1380. The summed E-state index contributed by atoms with van der Waals surface area (Å²) in [6.45, 7) is 3.17. The van der Waals surface area contributed by atoms with Gasteiger partial charge in [-0.3, -0.25) is 9.88 Å². The van der Waals surface area contributed by atoms with Crippen molar-refractivity contribution in [1.82, 2.24) is 9.88 Å². The van der Waals surface area contributed by atoms with E-state index in [9.17, 15) is 5.11 Å². The lowest BCUT2D eigenvalue weighted by atomic mass is 9.52. The van der Waals surface area contributed by atoms with E-state index < -0.39 is 0 Å². The normalized spacial score (nSPS) is 25.8. The summed E-state index contributed by atoms with van der Waals surface area (Å²) >= 11 is 0. The number of hydrogen-bond acceptors (Lipinski definition) is 3. The summed E-state index contributed by atoms with van der Waals surface area (Å²) in [5.74, 6) is 0.392. The van der Waals surface area contributed by atoms with Crippen LogP contribution in [-0.4, -0.2) is 28.1 Å². The van der Waals surface area contributed by atoms with Gasteiger partial charge in [-0.05, 0) is 72.3 Å². The molecule has 3 heteroatoms. The number of phenols is 1. The van der Waals surface area contributed by atoms with E-state index in [1.54, 1.807) is 0 Å². The number of aromatic nitrogens is 1. The lowest BCUT2D eigenvalue weighted by Crippen LogP contribution is -2.59. The highest BCUT2D eigenvalue weighted by atomic mass is 16.3. The molecule has 0 unspecified atom stereocenters. The molecule has 0 radical (unpaired) electrons. The fourth-order valence-electron chi connectivity index (χ4n) is 7.24. The summed E-state index contributed by atoms with van der Waals surface area (Å²) in [4.78, 5) is 7.83. The molecule has 2 atom stereocenters. The van der Waals surface area contributed by atoms with E-state index in [0.717, 1.165) is 50.8 Å². The molecular formula is C30H28N2O. The van der Waals surface area contributed by atoms with Crippen LogP contribution in [0, 0.1) is 5.41 Å². The minimum atomic E-state index is 0.0523. The lowest BCUT2D eigenvalue weighted by molar-refractivity contribution is -0.000494. The third kappa shape index (κ3) is 2.82. The number of para-hydroxylation sites is 1. The van der Waals surface area contributed by atoms with Gasteiger partial charge in [0.1, 0.15) is 5.75 Å². The van der Waals surface area contributed by atoms with Crippen LogP contribution in [0.25, 0.3) is 10.9 Å². The van der Waals surface area contributed by atoms with Crippen molar-refractivity contribution in [3.05, 3.63) is 107 Å². The van der Waals surface area contributed by atoms with Crippen molar-refractivity contribution in [3.8, 4) is 5.75 Å². The Hall–Kier alpha value is -3.17. The zero-order valence-corrected chi connectivity index (χ0v) is 18.8. The number of nitrogens with zero attached hydrogens (tertiary/aromatic N) is 2. The highest BCUT2D eigenvalue weighted by molar-refractivity contribution is 5.79. The molecule has 1 N–H and O–H groups in total. The molecule has 7 rings (SSSR count). The zero-order valence-electron chi connectivity index (χ0n) is 18.8. The first-order chi connectivity index (χ1) is 16.1. The van der Waals surface area contributed by atoms with Gasteiger partial charge in [0, 0.05) is 41.4 Å². The van der Waals surface area contributed by atoms with Crippen LogP contribution in [0.2, 0.25) is 0 Å². The molecule has 2 heterocycles. The van der Waals surface area contributed by atoms with E-state index in [1.807, 2.05) is 6.07 Å². The molecule has 164 valence electrons. The second kappa shape index (κ2) is 6.91. The Labute approximate surface area is 194 Å². The molecule has 4 aromatic rings. The monoisotopic (exact) mass is 432 g/mol. The zero-order chi connectivity index (χ0) is 22.0. The molecule has 1 aromatic heterocycles. The average molecular weight is 433 g/mol. The van der Waals surface area contributed by atoms with Gasteiger partial charge < -0.3 is 5.11 Å². The van der Waals surface area contributed by atoms with Crippen LogP contribution in [0.5, 0.6) is 5.75 Å². The van der Waals surface area contributed by atoms with Crippen LogP contribution >= 0.6 is 0 Å². The van der Waals surface area contributed by atoms with Crippen LogP contribution in [0.3, 0.4) is 0 Å². The number of phenolic OH excluding ortho intramolecular Hbond substituents is 1. The van der Waals surface area contributed by atoms with E-state index in [2.05, 4.69) is 77.7 Å². The quantitative estimate of drug-likeness (QED) is 0.459. The maximum Gasteiger partial charge on any atom is 0.115 e. The number of aromatic hydroxyl groups is 1. The smallest absolute Gasteiger partial charge is 0.115 e. The van der Waals surface area contributed by atoms with Gasteiger partial charge in [-0.25, -0.2) is 0 Å². The van der Waals surface area contributed by atoms with Crippen molar-refractivity contribution in [3.63, 3.8) is 0 Å². The van der Waals surface area contributed by atoms with Gasteiger partial charge in [-0.1, -0.05) is 54.6 Å². The van der Waals surface area contributed by atoms with Crippen molar-refractivity contribution >= 4 is 10.9 Å². The number of likely N-dealkylation sites (tertiary alicyclic amines) is 1. The third-order valence-electron chi connectivity index (χ3n) is 8.67. The van der Waals surface area contributed by atoms with E-state index in [-0.39, 0.29) is 10.8 Å². The van der Waals surface area contributed by atoms with Crippen LogP contribution in [0.1, 0.15) is 34.4 Å². The van der Waals surface area contributed by atoms with Gasteiger partial charge in [-0.15, -0.1) is 0 Å². The Morgan fingerprint density at radius 3 is 2.58 bits per heavy atom. The van der Waals surface area contributed by atoms with Crippen LogP contribution < -0.4 is 0 Å². The number of benzene rings is 3. The van der Waals surface area contributed by atoms with Crippen molar-refractivity contribution < 1.29 is 5.11 Å². The second-order valence-corrected chi connectivity index (χ2v) is 10.5. The van der Waals surface area contributed by atoms with E-state index >= 15 is 0 Å². The molecular weight excluding hydrogens is 404 g/mol. The highest BCUT2D eigenvalue weighted by Gasteiger charge is 2.61. The molecule has 33 heavy (non-hydrogen) atoms. The van der Waals surface area contributed by atoms with Gasteiger partial charge in [0.15, 0.2) is 0 Å². The lowest BCUT2D eigenvalue weighted by Gasteiger charge is -2.56. The summed E-state index contributed by atoms with van der Waals surface area (Å²) < 4.78 is 0. The van der Waals surface area contributed by atoms with Crippen molar-refractivity contribution in [2.75, 3.05) is 13.1 Å². The number of hydrogen-bond donors (Lipinski definition) is 1. The molecule has 0 amide bonds. The molecule has 0 bridgehead atoms. The number of piperidine rings is 1. The van der Waals surface area contributed by atoms with Gasteiger partial charge in [0.25, 0.3) is 0 Å². The van der Waals surface area contributed by atoms with Crippen LogP contribution in [-0.2, 0) is 31.2 Å². The maximum absolute atomic E-state index is 10.4. The van der Waals surface area contributed by atoms with Gasteiger partial charge in [-0.2, -0.15) is 0 Å². The SMILES string of the molecule is Oc1ccc2c(c1)[C@]13CCN(Cc4ccccc4)C[C@@]1(C2)Cc1cc2ccccc2nc1C3. The molecule has 1 aliphatic heterocycles. The molecule has 3 aromatic carbocycles. The summed E-state index contributed by atoms with van der Waals surface area (Å²) in [7, 11) is 0. The molecule has 3 aliphatic rings. The van der Waals surface area contributed by atoms with Crippen molar-refractivity contribution in [1.29, 1.82) is 0 Å². The maximum atomic E-state index is 10.4. The number of pyridine rings is 1. The molecule has 1 fully saturated rings. The van der Waals surface area contributed by atoms with Crippen LogP contribution in [0.4, 0.5) is 0 Å². The Kier molecular flexibility index (Phi) is 4.05. The summed E-state index contributed by atoms with van der Waals surface area (Å²) in [5.41, 5.74) is 8.16. The standard InChI is InChI=1S/C30H28N2O/c33-25-11-10-23-16-29-17-24-14-22-8-4-5-9-27(22)31-28(24)18-30(29,26(23)15-25)12-13-32(20-29)19-21-6-2-1-3-7-21/h1-11,14-15,33H,12-13,16-20H2/t29-,30-/m1/s1. The first-order valence-electron chi connectivity index (χ1n) is 12.1. The van der Waals surface area contributed by atoms with Crippen molar-refractivity contribution in [2.24, 2.45) is 5.41 Å². The predicted octanol–water partition coefficient (Wildman–Crippen LogP) is 5.43. The van der Waals surface area contributed by atoms with E-state index in [1.165, 1.54) is 33.3 Å². The Morgan fingerprint density at radius 2 is 1.67 bits per heavy atom. The van der Waals surface area contributed by atoms with E-state index in [0.29, 0.717) is 5.75 Å². The molecule has 3 nitrogen and oxygen atoms in total. The second-order valence-electron chi connectivity index (χ2n) is 10.5. The Morgan fingerprint density at radius 1 is 0.848 bits per heavy atom. The summed E-state index contributed by atoms with van der Waals surface area (Å²) in [6, 6.07) is 27.9. The number of rotatable bonds is 2. The fourth-order valence-corrected chi connectivity index (χ4v) is 7.24. The molecule has 0 saturated carbocycles. The number of fused-ring (bicyclic) bond motifs is 3. The topological polar surface area (TPSA) is 36.4 Å². The fraction of sp³-hybridized carbons (Fsp3) is 0.300. The minimum absolute atomic E-state index is 0.0523. The van der Waals surface area contributed by atoms with Crippen LogP contribution in [0.15, 0.2) is 78.9 Å². The molecule has 2 aliphatic carbocycles. The predicted molar refractivity (Wildman–Crippen MR) is 131 cm³/mol. The van der Waals surface area contributed by atoms with Gasteiger partial charge in [0.05, 0.1) is 5.52 Å². The van der Waals surface area contributed by atoms with Gasteiger partial charge >= 0.3 is 0 Å². The van der Waals surface area contributed by atoms with Crippen molar-refractivity contribution in [2.45, 2.75) is 37.6 Å². The third-order valence-corrected chi connectivity index (χ3v) is 8.67. The minimum Gasteiger partial charge on any atom is -0.508 e.